The van der Waals surface area contributed by atoms with E-state index in [0.717, 1.165) is 19.3 Å². The van der Waals surface area contributed by atoms with Gasteiger partial charge >= 0.3 is 0 Å². The largest absolute Gasteiger partial charge is 0.0613 e. The highest BCUT2D eigenvalue weighted by Crippen LogP contribution is 2.33. The van der Waals surface area contributed by atoms with Crippen LogP contribution in [-0.2, 0) is 0 Å². The molecule has 0 nitrogen and oxygen atoms in total. The van der Waals surface area contributed by atoms with E-state index in [0.29, 0.717) is 0 Å². The van der Waals surface area contributed by atoms with Gasteiger partial charge in [-0.3, -0.25) is 0 Å². The van der Waals surface area contributed by atoms with Crippen molar-refractivity contribution in [3.63, 3.8) is 0 Å². The smallest absolute Gasteiger partial charge is 0.00493 e. The highest BCUT2D eigenvalue weighted by molar-refractivity contribution is 9.11. The minimum Gasteiger partial charge on any atom is -0.0613 e. The number of hydrogen-bond donors (Lipinski definition) is 0. The van der Waals surface area contributed by atoms with Gasteiger partial charge in [-0.2, -0.15) is 0 Å². The fourth-order valence-corrected chi connectivity index (χ4v) is 1.96. The standard InChI is InChI=1S/C9H12Br/c1-3-7-5-6-9(10)8(7)4-2/h3-4,6H2,1-2H3. The Bertz CT molecular complexity index is 187. The van der Waals surface area contributed by atoms with Gasteiger partial charge in [-0.05, 0) is 30.1 Å². The Hall–Kier alpha value is -0.0400. The van der Waals surface area contributed by atoms with Crippen LogP contribution in [0.3, 0.4) is 0 Å². The number of halogens is 1. The zero-order valence-electron chi connectivity index (χ0n) is 6.50. The third kappa shape index (κ3) is 1.34. The lowest BCUT2D eigenvalue weighted by atomic mass is 10.1. The molecular weight excluding hydrogens is 188 g/mol. The molecule has 10 heavy (non-hydrogen) atoms. The van der Waals surface area contributed by atoms with Crippen molar-refractivity contribution < 1.29 is 0 Å². The average Bonchev–Trinajstić information content (AvgIpc) is 2.30. The van der Waals surface area contributed by atoms with Crippen LogP contribution in [0.4, 0.5) is 0 Å². The number of hydrogen-bond acceptors (Lipinski definition) is 0. The second-order valence-electron chi connectivity index (χ2n) is 2.42. The van der Waals surface area contributed by atoms with Crippen LogP contribution in [0.15, 0.2) is 15.6 Å². The predicted molar refractivity (Wildman–Crippen MR) is 47.9 cm³/mol. The highest BCUT2D eigenvalue weighted by atomic mass is 79.9. The molecule has 0 aliphatic heterocycles. The van der Waals surface area contributed by atoms with Crippen molar-refractivity contribution >= 4 is 15.9 Å². The summed E-state index contributed by atoms with van der Waals surface area (Å²) in [6.07, 6.45) is 6.60. The Balaban J connectivity index is 2.79. The fourth-order valence-electron chi connectivity index (χ4n) is 1.31. The van der Waals surface area contributed by atoms with E-state index in [1.54, 1.807) is 0 Å². The van der Waals surface area contributed by atoms with Gasteiger partial charge in [0.2, 0.25) is 0 Å². The molecule has 1 heteroatoms. The van der Waals surface area contributed by atoms with E-state index < -0.39 is 0 Å². The highest BCUT2D eigenvalue weighted by Gasteiger charge is 2.11. The summed E-state index contributed by atoms with van der Waals surface area (Å²) in [5.41, 5.74) is 2.89. The van der Waals surface area contributed by atoms with Gasteiger partial charge in [0, 0.05) is 10.9 Å². The van der Waals surface area contributed by atoms with Crippen LogP contribution in [0.5, 0.6) is 0 Å². The molecule has 0 aromatic carbocycles. The van der Waals surface area contributed by atoms with E-state index in [1.165, 1.54) is 15.6 Å². The van der Waals surface area contributed by atoms with Crippen LogP contribution in [0.25, 0.3) is 0 Å². The second-order valence-corrected chi connectivity index (χ2v) is 3.38. The fraction of sp³-hybridized carbons (Fsp3) is 0.556. The Morgan fingerprint density at radius 3 is 2.50 bits per heavy atom. The molecule has 0 unspecified atom stereocenters. The SMILES string of the molecule is CCC1=[C]CC(Br)=C1CC. The summed E-state index contributed by atoms with van der Waals surface area (Å²) in [5.74, 6) is 0. The van der Waals surface area contributed by atoms with Crippen molar-refractivity contribution in [2.75, 3.05) is 0 Å². The normalized spacial score (nSPS) is 18.1. The molecule has 0 spiro atoms. The van der Waals surface area contributed by atoms with E-state index in [1.807, 2.05) is 0 Å². The van der Waals surface area contributed by atoms with Gasteiger partial charge in [-0.15, -0.1) is 0 Å². The zero-order chi connectivity index (χ0) is 7.56. The van der Waals surface area contributed by atoms with Gasteiger partial charge in [0.1, 0.15) is 0 Å². The lowest BCUT2D eigenvalue weighted by Gasteiger charge is -2.02. The van der Waals surface area contributed by atoms with Gasteiger partial charge in [0.05, 0.1) is 0 Å². The Kier molecular flexibility index (Phi) is 2.72. The summed E-state index contributed by atoms with van der Waals surface area (Å²) in [7, 11) is 0. The topological polar surface area (TPSA) is 0 Å². The van der Waals surface area contributed by atoms with Crippen molar-refractivity contribution in [2.45, 2.75) is 33.1 Å². The zero-order valence-corrected chi connectivity index (χ0v) is 8.09. The maximum Gasteiger partial charge on any atom is 0.00493 e. The molecule has 0 amide bonds. The van der Waals surface area contributed by atoms with E-state index in [4.69, 9.17) is 0 Å². The van der Waals surface area contributed by atoms with E-state index in [2.05, 4.69) is 35.9 Å². The number of rotatable bonds is 2. The van der Waals surface area contributed by atoms with Crippen molar-refractivity contribution in [1.82, 2.24) is 0 Å². The summed E-state index contributed by atoms with van der Waals surface area (Å²) >= 11 is 3.54. The van der Waals surface area contributed by atoms with E-state index >= 15 is 0 Å². The lowest BCUT2D eigenvalue weighted by molar-refractivity contribution is 1.03. The molecule has 0 aromatic rings. The minimum atomic E-state index is 0.992. The minimum absolute atomic E-state index is 0.992. The second kappa shape index (κ2) is 3.38. The molecule has 0 fully saturated rings. The molecule has 0 atom stereocenters. The van der Waals surface area contributed by atoms with Gasteiger partial charge < -0.3 is 0 Å². The van der Waals surface area contributed by atoms with Crippen molar-refractivity contribution in [2.24, 2.45) is 0 Å². The van der Waals surface area contributed by atoms with Crippen LogP contribution in [0, 0.1) is 6.08 Å². The lowest BCUT2D eigenvalue weighted by Crippen LogP contribution is -1.82. The quantitative estimate of drug-likeness (QED) is 0.638. The first-order valence-electron chi connectivity index (χ1n) is 3.77. The Morgan fingerprint density at radius 1 is 1.40 bits per heavy atom. The molecule has 0 saturated carbocycles. The van der Waals surface area contributed by atoms with Crippen molar-refractivity contribution in [3.8, 4) is 0 Å². The van der Waals surface area contributed by atoms with E-state index in [-0.39, 0.29) is 0 Å². The van der Waals surface area contributed by atoms with Crippen LogP contribution in [0.2, 0.25) is 0 Å². The van der Waals surface area contributed by atoms with Crippen LogP contribution in [0.1, 0.15) is 33.1 Å². The molecule has 1 aliphatic rings. The predicted octanol–water partition coefficient (Wildman–Crippen LogP) is 3.59. The van der Waals surface area contributed by atoms with E-state index in [9.17, 15) is 0 Å². The number of allylic oxidation sites excluding steroid dienone is 4. The molecule has 1 radical (unpaired) electrons. The van der Waals surface area contributed by atoms with Crippen LogP contribution >= 0.6 is 15.9 Å². The molecule has 0 heterocycles. The summed E-state index contributed by atoms with van der Waals surface area (Å²) in [6, 6.07) is 0. The first-order chi connectivity index (χ1) is 4.79. The Morgan fingerprint density at radius 2 is 2.10 bits per heavy atom. The van der Waals surface area contributed by atoms with Crippen LogP contribution < -0.4 is 0 Å². The van der Waals surface area contributed by atoms with Crippen LogP contribution in [-0.4, -0.2) is 0 Å². The molecule has 0 N–H and O–H groups in total. The first kappa shape index (κ1) is 8.06. The molecular formula is C9H12Br. The molecule has 0 aromatic heterocycles. The van der Waals surface area contributed by atoms with Gasteiger partial charge in [-0.1, -0.05) is 29.8 Å². The molecule has 0 saturated heterocycles. The maximum absolute atomic E-state index is 3.54. The van der Waals surface area contributed by atoms with Gasteiger partial charge in [0.15, 0.2) is 0 Å². The first-order valence-corrected chi connectivity index (χ1v) is 4.56. The van der Waals surface area contributed by atoms with Crippen molar-refractivity contribution in [1.29, 1.82) is 0 Å². The molecule has 0 bridgehead atoms. The average molecular weight is 200 g/mol. The molecule has 55 valence electrons. The maximum atomic E-state index is 3.54. The van der Waals surface area contributed by atoms with Gasteiger partial charge in [0.25, 0.3) is 0 Å². The summed E-state index contributed by atoms with van der Waals surface area (Å²) in [6.45, 7) is 4.38. The molecule has 1 rings (SSSR count). The summed E-state index contributed by atoms with van der Waals surface area (Å²) < 4.78 is 1.34. The third-order valence-electron chi connectivity index (χ3n) is 1.86. The summed E-state index contributed by atoms with van der Waals surface area (Å²) in [4.78, 5) is 0. The molecule has 1 aliphatic carbocycles. The summed E-state index contributed by atoms with van der Waals surface area (Å²) in [5, 5.41) is 0. The Labute approximate surface area is 71.1 Å². The monoisotopic (exact) mass is 199 g/mol. The van der Waals surface area contributed by atoms with Gasteiger partial charge in [-0.25, -0.2) is 0 Å². The third-order valence-corrected chi connectivity index (χ3v) is 2.61. The van der Waals surface area contributed by atoms with Crippen molar-refractivity contribution in [3.05, 3.63) is 21.7 Å².